The zero-order valence-corrected chi connectivity index (χ0v) is 18.0. The summed E-state index contributed by atoms with van der Waals surface area (Å²) in [6.45, 7) is 5.47. The van der Waals surface area contributed by atoms with Crippen LogP contribution in [0.15, 0.2) is 54.0 Å². The lowest BCUT2D eigenvalue weighted by Crippen LogP contribution is -2.44. The summed E-state index contributed by atoms with van der Waals surface area (Å²) in [5.74, 6) is 0.243. The number of aromatic nitrogens is 2. The molecule has 0 saturated carbocycles. The molecule has 2 atom stereocenters. The van der Waals surface area contributed by atoms with Crippen LogP contribution in [0.3, 0.4) is 0 Å². The Morgan fingerprint density at radius 1 is 1.10 bits per heavy atom. The minimum atomic E-state index is -0.535. The molecule has 3 aromatic rings. The van der Waals surface area contributed by atoms with E-state index in [1.165, 1.54) is 11.3 Å². The number of benzene rings is 1. The Balaban J connectivity index is 1.52. The molecule has 0 aliphatic carbocycles. The number of nitrogens with zero attached hydrogens (tertiary/aromatic N) is 3. The van der Waals surface area contributed by atoms with Gasteiger partial charge in [0.2, 0.25) is 0 Å². The highest BCUT2D eigenvalue weighted by Gasteiger charge is 2.27. The Bertz CT molecular complexity index is 1000. The minimum Gasteiger partial charge on any atom is -0.452 e. The van der Waals surface area contributed by atoms with Crippen molar-refractivity contribution in [2.24, 2.45) is 11.8 Å². The highest BCUT2D eigenvalue weighted by atomic mass is 32.1. The largest absolute Gasteiger partial charge is 0.452 e. The number of hydrogen-bond acceptors (Lipinski definition) is 5. The van der Waals surface area contributed by atoms with E-state index >= 15 is 0 Å². The number of thiophene rings is 1. The molecule has 2 aromatic heterocycles. The van der Waals surface area contributed by atoms with Gasteiger partial charge in [0, 0.05) is 19.3 Å². The zero-order chi connectivity index (χ0) is 21.1. The van der Waals surface area contributed by atoms with E-state index in [4.69, 9.17) is 4.74 Å². The van der Waals surface area contributed by atoms with Crippen LogP contribution in [0.4, 0.5) is 0 Å². The lowest BCUT2D eigenvalue weighted by Gasteiger charge is -2.34. The number of carbonyl (C=O) groups is 2. The van der Waals surface area contributed by atoms with E-state index in [0.29, 0.717) is 36.2 Å². The Morgan fingerprint density at radius 2 is 1.83 bits per heavy atom. The van der Waals surface area contributed by atoms with Gasteiger partial charge >= 0.3 is 5.97 Å². The lowest BCUT2D eigenvalue weighted by atomic mass is 9.92. The minimum absolute atomic E-state index is 0.144. The molecule has 7 heteroatoms. The maximum Gasteiger partial charge on any atom is 0.342 e. The molecular weight excluding hydrogens is 398 g/mol. The second-order valence-corrected chi connectivity index (χ2v) is 8.92. The van der Waals surface area contributed by atoms with Crippen molar-refractivity contribution in [3.8, 4) is 16.3 Å². The Hall–Kier alpha value is -2.93. The first-order valence-electron chi connectivity index (χ1n) is 10.1. The fourth-order valence-electron chi connectivity index (χ4n) is 3.99. The third kappa shape index (κ3) is 4.46. The second-order valence-electron chi connectivity index (χ2n) is 7.97. The van der Waals surface area contributed by atoms with Crippen LogP contribution in [0, 0.1) is 11.8 Å². The van der Waals surface area contributed by atoms with E-state index in [1.807, 2.05) is 47.8 Å². The Labute approximate surface area is 180 Å². The number of para-hydroxylation sites is 1. The van der Waals surface area contributed by atoms with Crippen molar-refractivity contribution in [1.29, 1.82) is 0 Å². The second kappa shape index (κ2) is 8.83. The van der Waals surface area contributed by atoms with Gasteiger partial charge in [0.1, 0.15) is 11.3 Å². The Morgan fingerprint density at radius 3 is 2.50 bits per heavy atom. The summed E-state index contributed by atoms with van der Waals surface area (Å²) < 4.78 is 7.09. The number of hydrogen-bond donors (Lipinski definition) is 0. The van der Waals surface area contributed by atoms with E-state index < -0.39 is 5.97 Å². The molecule has 30 heavy (non-hydrogen) atoms. The lowest BCUT2D eigenvalue weighted by molar-refractivity contribution is -0.137. The number of piperidine rings is 1. The van der Waals surface area contributed by atoms with Crippen LogP contribution in [-0.4, -0.2) is 46.3 Å². The fraction of sp³-hybridized carbons (Fsp3) is 0.348. The van der Waals surface area contributed by atoms with Crippen molar-refractivity contribution in [2.75, 3.05) is 19.7 Å². The van der Waals surface area contributed by atoms with Crippen LogP contribution in [0.2, 0.25) is 0 Å². The van der Waals surface area contributed by atoms with Crippen LogP contribution in [-0.2, 0) is 9.53 Å². The SMILES string of the molecule is C[C@@H]1C[C@@H](C)CN(C(=O)COC(=O)c2cn(-c3ccccc3)nc2-c2cccs2)C1. The van der Waals surface area contributed by atoms with Crippen molar-refractivity contribution in [2.45, 2.75) is 20.3 Å². The molecule has 1 fully saturated rings. The van der Waals surface area contributed by atoms with Gasteiger partial charge in [-0.15, -0.1) is 11.3 Å². The molecular formula is C23H25N3O3S. The van der Waals surface area contributed by atoms with Gasteiger partial charge in [-0.2, -0.15) is 5.10 Å². The van der Waals surface area contributed by atoms with Gasteiger partial charge < -0.3 is 9.64 Å². The van der Waals surface area contributed by atoms with Gasteiger partial charge in [-0.05, 0) is 41.8 Å². The molecule has 0 unspecified atom stereocenters. The first kappa shape index (κ1) is 20.3. The molecule has 1 amide bonds. The van der Waals surface area contributed by atoms with Crippen molar-refractivity contribution in [1.82, 2.24) is 14.7 Å². The van der Waals surface area contributed by atoms with Crippen molar-refractivity contribution in [3.63, 3.8) is 0 Å². The maximum atomic E-state index is 12.9. The summed E-state index contributed by atoms with van der Waals surface area (Å²) in [6.07, 6.45) is 2.79. The number of esters is 1. The molecule has 1 aromatic carbocycles. The quantitative estimate of drug-likeness (QED) is 0.575. The van der Waals surface area contributed by atoms with Gasteiger partial charge in [-0.3, -0.25) is 4.79 Å². The predicted octanol–water partition coefficient (Wildman–Crippen LogP) is 4.26. The third-order valence-corrected chi connectivity index (χ3v) is 6.13. The summed E-state index contributed by atoms with van der Waals surface area (Å²) >= 11 is 1.50. The molecule has 1 saturated heterocycles. The number of amides is 1. The number of rotatable bonds is 5. The first-order valence-corrected chi connectivity index (χ1v) is 11.0. The number of carbonyl (C=O) groups excluding carboxylic acids is 2. The third-order valence-electron chi connectivity index (χ3n) is 5.26. The molecule has 3 heterocycles. The summed E-state index contributed by atoms with van der Waals surface area (Å²) in [6, 6.07) is 13.4. The molecule has 0 bridgehead atoms. The van der Waals surface area contributed by atoms with Gasteiger partial charge in [0.25, 0.3) is 5.91 Å². The van der Waals surface area contributed by atoms with Crippen LogP contribution < -0.4 is 0 Å². The van der Waals surface area contributed by atoms with Crippen molar-refractivity contribution >= 4 is 23.2 Å². The molecule has 156 valence electrons. The summed E-state index contributed by atoms with van der Waals surface area (Å²) in [5.41, 5.74) is 1.77. The topological polar surface area (TPSA) is 64.4 Å². The molecule has 0 radical (unpaired) electrons. The predicted molar refractivity (Wildman–Crippen MR) is 117 cm³/mol. The van der Waals surface area contributed by atoms with E-state index in [-0.39, 0.29) is 12.5 Å². The molecule has 0 spiro atoms. The highest BCUT2D eigenvalue weighted by molar-refractivity contribution is 7.13. The van der Waals surface area contributed by atoms with E-state index in [1.54, 1.807) is 15.8 Å². The summed E-state index contributed by atoms with van der Waals surface area (Å²) in [4.78, 5) is 28.2. The van der Waals surface area contributed by atoms with Crippen LogP contribution >= 0.6 is 11.3 Å². The van der Waals surface area contributed by atoms with E-state index in [0.717, 1.165) is 17.0 Å². The average Bonchev–Trinajstić information content (AvgIpc) is 3.41. The van der Waals surface area contributed by atoms with Gasteiger partial charge in [0.05, 0.1) is 10.6 Å². The van der Waals surface area contributed by atoms with Gasteiger partial charge in [0.15, 0.2) is 6.61 Å². The van der Waals surface area contributed by atoms with Crippen molar-refractivity contribution < 1.29 is 14.3 Å². The van der Waals surface area contributed by atoms with E-state index in [9.17, 15) is 9.59 Å². The molecule has 1 aliphatic heterocycles. The molecule has 4 rings (SSSR count). The first-order chi connectivity index (χ1) is 14.5. The Kier molecular flexibility index (Phi) is 5.99. The smallest absolute Gasteiger partial charge is 0.342 e. The number of likely N-dealkylation sites (tertiary alicyclic amines) is 1. The molecule has 6 nitrogen and oxygen atoms in total. The van der Waals surface area contributed by atoms with Crippen LogP contribution in [0.1, 0.15) is 30.6 Å². The zero-order valence-electron chi connectivity index (χ0n) is 17.2. The monoisotopic (exact) mass is 423 g/mol. The van der Waals surface area contributed by atoms with Gasteiger partial charge in [-0.1, -0.05) is 38.1 Å². The summed E-state index contributed by atoms with van der Waals surface area (Å²) in [7, 11) is 0. The maximum absolute atomic E-state index is 12.9. The van der Waals surface area contributed by atoms with Gasteiger partial charge in [-0.25, -0.2) is 9.48 Å². The number of ether oxygens (including phenoxy) is 1. The van der Waals surface area contributed by atoms with E-state index in [2.05, 4.69) is 18.9 Å². The van der Waals surface area contributed by atoms with Crippen LogP contribution in [0.5, 0.6) is 0 Å². The molecule has 1 aliphatic rings. The van der Waals surface area contributed by atoms with Crippen LogP contribution in [0.25, 0.3) is 16.3 Å². The van der Waals surface area contributed by atoms with Crippen molar-refractivity contribution in [3.05, 3.63) is 59.6 Å². The standard InChI is InChI=1S/C23H25N3O3S/c1-16-11-17(2)13-25(12-16)21(27)15-29-23(28)19-14-26(18-7-4-3-5-8-18)24-22(19)20-9-6-10-30-20/h3-10,14,16-17H,11-13,15H2,1-2H3/t16-,17-/m1/s1. The highest BCUT2D eigenvalue weighted by Crippen LogP contribution is 2.28. The fourth-order valence-corrected chi connectivity index (χ4v) is 4.72. The summed E-state index contributed by atoms with van der Waals surface area (Å²) in [5, 5.41) is 6.55. The molecule has 0 N–H and O–H groups in total. The average molecular weight is 424 g/mol. The normalized spacial score (nSPS) is 18.9.